The monoisotopic (exact) mass is 254 g/mol. The molecule has 0 atom stereocenters. The highest BCUT2D eigenvalue weighted by atomic mass is 79.9. The van der Waals surface area contributed by atoms with E-state index in [1.165, 1.54) is 5.57 Å². The summed E-state index contributed by atoms with van der Waals surface area (Å²) in [6.45, 7) is 6.98. The van der Waals surface area contributed by atoms with Crippen LogP contribution in [0, 0.1) is 6.92 Å². The van der Waals surface area contributed by atoms with E-state index in [0.717, 1.165) is 22.5 Å². The average molecular weight is 255 g/mol. The van der Waals surface area contributed by atoms with Gasteiger partial charge < -0.3 is 5.32 Å². The lowest BCUT2D eigenvalue weighted by atomic mass is 10.3. The van der Waals surface area contributed by atoms with Gasteiger partial charge in [0.25, 0.3) is 0 Å². The quantitative estimate of drug-likeness (QED) is 0.836. The standard InChI is InChI=1S/C11H15BrN2/c1-8(2)6-7-13-11-5-4-10(12)9(3)14-11/h4-6H,7H2,1-3H3,(H,13,14). The Balaban J connectivity index is 2.60. The van der Waals surface area contributed by atoms with Gasteiger partial charge in [-0.1, -0.05) is 11.6 Å². The van der Waals surface area contributed by atoms with Crippen molar-refractivity contribution in [3.05, 3.63) is 33.9 Å². The summed E-state index contributed by atoms with van der Waals surface area (Å²) in [5.41, 5.74) is 2.32. The first kappa shape index (κ1) is 11.2. The molecule has 2 nitrogen and oxygen atoms in total. The van der Waals surface area contributed by atoms with E-state index < -0.39 is 0 Å². The Morgan fingerprint density at radius 3 is 2.79 bits per heavy atom. The normalized spacial score (nSPS) is 9.71. The maximum atomic E-state index is 4.38. The summed E-state index contributed by atoms with van der Waals surface area (Å²) in [7, 11) is 0. The maximum absolute atomic E-state index is 4.38. The summed E-state index contributed by atoms with van der Waals surface area (Å²) in [6.07, 6.45) is 2.14. The number of rotatable bonds is 3. The van der Waals surface area contributed by atoms with Crippen molar-refractivity contribution < 1.29 is 0 Å². The summed E-state index contributed by atoms with van der Waals surface area (Å²) in [5.74, 6) is 0.920. The third-order valence-corrected chi connectivity index (χ3v) is 2.65. The summed E-state index contributed by atoms with van der Waals surface area (Å²) >= 11 is 3.42. The number of aromatic nitrogens is 1. The van der Waals surface area contributed by atoms with Crippen molar-refractivity contribution in [2.24, 2.45) is 0 Å². The lowest BCUT2D eigenvalue weighted by molar-refractivity contribution is 1.14. The highest BCUT2D eigenvalue weighted by Gasteiger charge is 1.96. The van der Waals surface area contributed by atoms with Gasteiger partial charge in [0.15, 0.2) is 0 Å². The van der Waals surface area contributed by atoms with Gasteiger partial charge in [-0.25, -0.2) is 4.98 Å². The number of hydrogen-bond acceptors (Lipinski definition) is 2. The Hall–Kier alpha value is -0.830. The van der Waals surface area contributed by atoms with E-state index in [9.17, 15) is 0 Å². The van der Waals surface area contributed by atoms with Crippen LogP contribution in [0.4, 0.5) is 5.82 Å². The average Bonchev–Trinajstić information content (AvgIpc) is 2.10. The molecule has 0 aliphatic heterocycles. The molecule has 1 N–H and O–H groups in total. The van der Waals surface area contributed by atoms with E-state index in [4.69, 9.17) is 0 Å². The van der Waals surface area contributed by atoms with E-state index in [2.05, 4.69) is 46.2 Å². The van der Waals surface area contributed by atoms with Crippen molar-refractivity contribution in [1.82, 2.24) is 4.98 Å². The largest absolute Gasteiger partial charge is 0.367 e. The molecule has 0 radical (unpaired) electrons. The number of nitrogens with one attached hydrogen (secondary N) is 1. The van der Waals surface area contributed by atoms with Crippen molar-refractivity contribution in [1.29, 1.82) is 0 Å². The van der Waals surface area contributed by atoms with Gasteiger partial charge in [0.1, 0.15) is 5.82 Å². The lowest BCUT2D eigenvalue weighted by Gasteiger charge is -2.04. The van der Waals surface area contributed by atoms with E-state index in [1.54, 1.807) is 0 Å². The number of anilines is 1. The number of allylic oxidation sites excluding steroid dienone is 1. The molecule has 0 bridgehead atoms. The van der Waals surface area contributed by atoms with E-state index >= 15 is 0 Å². The number of hydrogen-bond donors (Lipinski definition) is 1. The van der Waals surface area contributed by atoms with Gasteiger partial charge in [-0.05, 0) is 48.8 Å². The zero-order valence-electron chi connectivity index (χ0n) is 8.76. The molecule has 0 amide bonds. The predicted octanol–water partition coefficient (Wildman–Crippen LogP) is 3.53. The molecule has 1 aromatic rings. The Labute approximate surface area is 93.6 Å². The van der Waals surface area contributed by atoms with Crippen LogP contribution in [0.3, 0.4) is 0 Å². The fourth-order valence-electron chi connectivity index (χ4n) is 1.00. The molecule has 0 spiro atoms. The molecule has 1 aromatic heterocycles. The molecule has 0 aliphatic rings. The van der Waals surface area contributed by atoms with Crippen LogP contribution in [-0.2, 0) is 0 Å². The van der Waals surface area contributed by atoms with E-state index in [1.807, 2.05) is 19.1 Å². The Bertz CT molecular complexity index is 341. The number of aryl methyl sites for hydroxylation is 1. The van der Waals surface area contributed by atoms with Gasteiger partial charge in [-0.2, -0.15) is 0 Å². The topological polar surface area (TPSA) is 24.9 Å². The number of nitrogens with zero attached hydrogens (tertiary/aromatic N) is 1. The third kappa shape index (κ3) is 3.50. The molecule has 0 unspecified atom stereocenters. The van der Waals surface area contributed by atoms with Crippen LogP contribution in [0.1, 0.15) is 19.5 Å². The number of halogens is 1. The molecule has 14 heavy (non-hydrogen) atoms. The third-order valence-electron chi connectivity index (χ3n) is 1.81. The Morgan fingerprint density at radius 2 is 2.21 bits per heavy atom. The summed E-state index contributed by atoms with van der Waals surface area (Å²) in [4.78, 5) is 4.38. The van der Waals surface area contributed by atoms with Crippen molar-refractivity contribution in [2.45, 2.75) is 20.8 Å². The van der Waals surface area contributed by atoms with Crippen LogP contribution in [0.25, 0.3) is 0 Å². The molecule has 76 valence electrons. The van der Waals surface area contributed by atoms with Gasteiger partial charge in [-0.3, -0.25) is 0 Å². The SMILES string of the molecule is CC(C)=CCNc1ccc(Br)c(C)n1. The van der Waals surface area contributed by atoms with E-state index in [-0.39, 0.29) is 0 Å². The zero-order valence-corrected chi connectivity index (χ0v) is 10.4. The Kier molecular flexibility index (Phi) is 4.14. The first-order valence-corrected chi connectivity index (χ1v) is 5.39. The van der Waals surface area contributed by atoms with Crippen molar-refractivity contribution in [3.63, 3.8) is 0 Å². The van der Waals surface area contributed by atoms with Crippen LogP contribution < -0.4 is 5.32 Å². The predicted molar refractivity (Wildman–Crippen MR) is 64.6 cm³/mol. The van der Waals surface area contributed by atoms with Crippen LogP contribution >= 0.6 is 15.9 Å². The van der Waals surface area contributed by atoms with Crippen LogP contribution in [0.2, 0.25) is 0 Å². The first-order chi connectivity index (χ1) is 6.59. The molecule has 0 saturated carbocycles. The molecule has 0 fully saturated rings. The van der Waals surface area contributed by atoms with Crippen LogP contribution in [0.15, 0.2) is 28.3 Å². The van der Waals surface area contributed by atoms with E-state index in [0.29, 0.717) is 0 Å². The van der Waals surface area contributed by atoms with Gasteiger partial charge in [0, 0.05) is 11.0 Å². The van der Waals surface area contributed by atoms with Gasteiger partial charge >= 0.3 is 0 Å². The molecule has 1 rings (SSSR count). The smallest absolute Gasteiger partial charge is 0.126 e. The molecule has 0 saturated heterocycles. The molecular weight excluding hydrogens is 240 g/mol. The van der Waals surface area contributed by atoms with Gasteiger partial charge in [0.2, 0.25) is 0 Å². The molecule has 3 heteroatoms. The summed E-state index contributed by atoms with van der Waals surface area (Å²) in [5, 5.41) is 3.24. The van der Waals surface area contributed by atoms with Gasteiger partial charge in [-0.15, -0.1) is 0 Å². The lowest BCUT2D eigenvalue weighted by Crippen LogP contribution is -2.01. The molecule has 1 heterocycles. The minimum atomic E-state index is 0.830. The van der Waals surface area contributed by atoms with Crippen LogP contribution in [0.5, 0.6) is 0 Å². The zero-order chi connectivity index (χ0) is 10.6. The first-order valence-electron chi connectivity index (χ1n) is 4.60. The second-order valence-electron chi connectivity index (χ2n) is 3.43. The molecule has 0 aromatic carbocycles. The highest BCUT2D eigenvalue weighted by molar-refractivity contribution is 9.10. The second-order valence-corrected chi connectivity index (χ2v) is 4.28. The molecule has 0 aliphatic carbocycles. The summed E-state index contributed by atoms with van der Waals surface area (Å²) < 4.78 is 1.05. The minimum Gasteiger partial charge on any atom is -0.367 e. The number of pyridine rings is 1. The maximum Gasteiger partial charge on any atom is 0.126 e. The van der Waals surface area contributed by atoms with Crippen molar-refractivity contribution in [2.75, 3.05) is 11.9 Å². The second kappa shape index (κ2) is 5.15. The Morgan fingerprint density at radius 1 is 1.50 bits per heavy atom. The van der Waals surface area contributed by atoms with Crippen molar-refractivity contribution >= 4 is 21.7 Å². The summed E-state index contributed by atoms with van der Waals surface area (Å²) in [6, 6.07) is 3.98. The van der Waals surface area contributed by atoms with Crippen molar-refractivity contribution in [3.8, 4) is 0 Å². The highest BCUT2D eigenvalue weighted by Crippen LogP contribution is 2.15. The fourth-order valence-corrected chi connectivity index (χ4v) is 1.22. The van der Waals surface area contributed by atoms with Gasteiger partial charge in [0.05, 0.1) is 5.69 Å². The molecular formula is C11H15BrN2. The minimum absolute atomic E-state index is 0.830. The van der Waals surface area contributed by atoms with Crippen LogP contribution in [-0.4, -0.2) is 11.5 Å². The fraction of sp³-hybridized carbons (Fsp3) is 0.364.